The van der Waals surface area contributed by atoms with Gasteiger partial charge in [-0.1, -0.05) is 37.0 Å². The zero-order valence-corrected chi connectivity index (χ0v) is 15.1. The molecular formula is C20H31N3O. The summed E-state index contributed by atoms with van der Waals surface area (Å²) in [6, 6.07) is 9.61. The van der Waals surface area contributed by atoms with Crippen LogP contribution in [0, 0.1) is 6.92 Å². The molecule has 1 heterocycles. The highest BCUT2D eigenvalue weighted by Crippen LogP contribution is 2.21. The molecule has 1 aromatic rings. The van der Waals surface area contributed by atoms with Gasteiger partial charge in [0.2, 0.25) is 5.91 Å². The smallest absolute Gasteiger partial charge is 0.234 e. The number of rotatable bonds is 4. The van der Waals surface area contributed by atoms with Crippen molar-refractivity contribution in [3.8, 4) is 0 Å². The van der Waals surface area contributed by atoms with E-state index in [-0.39, 0.29) is 5.91 Å². The Morgan fingerprint density at radius 2 is 1.83 bits per heavy atom. The molecule has 4 heteroatoms. The highest BCUT2D eigenvalue weighted by Gasteiger charge is 2.25. The summed E-state index contributed by atoms with van der Waals surface area (Å²) in [5.74, 6) is 0.206. The number of amides is 1. The Morgan fingerprint density at radius 3 is 2.50 bits per heavy atom. The lowest BCUT2D eigenvalue weighted by Gasteiger charge is -2.41. The van der Waals surface area contributed by atoms with Crippen molar-refractivity contribution in [3.05, 3.63) is 29.8 Å². The SMILES string of the molecule is Cc1ccc(N2CCN(CC(=O)NC3CCCCC3)CC2C)cc1. The Labute approximate surface area is 146 Å². The van der Waals surface area contributed by atoms with Gasteiger partial charge in [-0.25, -0.2) is 0 Å². The molecular weight excluding hydrogens is 298 g/mol. The van der Waals surface area contributed by atoms with E-state index in [1.165, 1.54) is 30.5 Å². The van der Waals surface area contributed by atoms with Gasteiger partial charge in [-0.2, -0.15) is 0 Å². The van der Waals surface area contributed by atoms with Crippen LogP contribution < -0.4 is 10.2 Å². The van der Waals surface area contributed by atoms with E-state index in [0.717, 1.165) is 32.5 Å². The second-order valence-corrected chi connectivity index (χ2v) is 7.52. The van der Waals surface area contributed by atoms with Gasteiger partial charge >= 0.3 is 0 Å². The van der Waals surface area contributed by atoms with Crippen molar-refractivity contribution in [2.24, 2.45) is 0 Å². The Balaban J connectivity index is 1.48. The van der Waals surface area contributed by atoms with Crippen LogP contribution in [0.2, 0.25) is 0 Å². The predicted molar refractivity (Wildman–Crippen MR) is 99.4 cm³/mol. The normalized spacial score (nSPS) is 23.2. The van der Waals surface area contributed by atoms with Crippen LogP contribution >= 0.6 is 0 Å². The van der Waals surface area contributed by atoms with Gasteiger partial charge in [0.05, 0.1) is 6.54 Å². The molecule has 2 fully saturated rings. The summed E-state index contributed by atoms with van der Waals surface area (Å²) in [6.45, 7) is 7.81. The zero-order valence-electron chi connectivity index (χ0n) is 15.1. The van der Waals surface area contributed by atoms with E-state index in [1.807, 2.05) is 0 Å². The van der Waals surface area contributed by atoms with Crippen molar-refractivity contribution in [2.45, 2.75) is 58.0 Å². The summed E-state index contributed by atoms with van der Waals surface area (Å²) in [5.41, 5.74) is 2.59. The van der Waals surface area contributed by atoms with E-state index >= 15 is 0 Å². The number of carbonyl (C=O) groups is 1. The highest BCUT2D eigenvalue weighted by molar-refractivity contribution is 5.78. The van der Waals surface area contributed by atoms with E-state index in [4.69, 9.17) is 0 Å². The maximum Gasteiger partial charge on any atom is 0.234 e. The van der Waals surface area contributed by atoms with Crippen LogP contribution in [0.5, 0.6) is 0 Å². The van der Waals surface area contributed by atoms with Crippen LogP contribution in [0.4, 0.5) is 5.69 Å². The monoisotopic (exact) mass is 329 g/mol. The van der Waals surface area contributed by atoms with Gasteiger partial charge in [0.1, 0.15) is 0 Å². The minimum absolute atomic E-state index is 0.206. The molecule has 132 valence electrons. The summed E-state index contributed by atoms with van der Waals surface area (Å²) in [7, 11) is 0. The van der Waals surface area contributed by atoms with Gasteiger partial charge in [0.25, 0.3) is 0 Å². The highest BCUT2D eigenvalue weighted by atomic mass is 16.2. The molecule has 0 radical (unpaired) electrons. The molecule has 1 N–H and O–H groups in total. The first-order valence-electron chi connectivity index (χ1n) is 9.47. The van der Waals surface area contributed by atoms with E-state index in [9.17, 15) is 4.79 Å². The lowest BCUT2D eigenvalue weighted by Crippen LogP contribution is -2.54. The van der Waals surface area contributed by atoms with Crippen LogP contribution in [-0.4, -0.2) is 49.1 Å². The lowest BCUT2D eigenvalue weighted by atomic mass is 9.95. The molecule has 1 aliphatic carbocycles. The largest absolute Gasteiger partial charge is 0.366 e. The second-order valence-electron chi connectivity index (χ2n) is 7.52. The number of aryl methyl sites for hydroxylation is 1. The number of carbonyl (C=O) groups excluding carboxylic acids is 1. The number of nitrogens with zero attached hydrogens (tertiary/aromatic N) is 2. The molecule has 2 aliphatic rings. The molecule has 3 rings (SSSR count). The first-order valence-corrected chi connectivity index (χ1v) is 9.47. The molecule has 1 unspecified atom stereocenters. The average molecular weight is 329 g/mol. The van der Waals surface area contributed by atoms with Crippen molar-refractivity contribution >= 4 is 11.6 Å². The molecule has 0 spiro atoms. The molecule has 0 aromatic heterocycles. The fourth-order valence-electron chi connectivity index (χ4n) is 4.02. The lowest BCUT2D eigenvalue weighted by molar-refractivity contribution is -0.123. The molecule has 1 saturated carbocycles. The van der Waals surface area contributed by atoms with Crippen LogP contribution in [-0.2, 0) is 4.79 Å². The molecule has 4 nitrogen and oxygen atoms in total. The van der Waals surface area contributed by atoms with Gasteiger partial charge < -0.3 is 10.2 Å². The number of nitrogens with one attached hydrogen (secondary N) is 1. The van der Waals surface area contributed by atoms with Crippen LogP contribution in [0.3, 0.4) is 0 Å². The first kappa shape index (κ1) is 17.3. The average Bonchev–Trinajstić information content (AvgIpc) is 2.57. The van der Waals surface area contributed by atoms with Crippen LogP contribution in [0.15, 0.2) is 24.3 Å². The van der Waals surface area contributed by atoms with Gasteiger partial charge in [-0.3, -0.25) is 9.69 Å². The van der Waals surface area contributed by atoms with Gasteiger partial charge in [-0.05, 0) is 38.8 Å². The van der Waals surface area contributed by atoms with Crippen LogP contribution in [0.25, 0.3) is 0 Å². The number of hydrogen-bond donors (Lipinski definition) is 1. The topological polar surface area (TPSA) is 35.6 Å². The summed E-state index contributed by atoms with van der Waals surface area (Å²) in [6.07, 6.45) is 6.16. The summed E-state index contributed by atoms with van der Waals surface area (Å²) >= 11 is 0. The van der Waals surface area contributed by atoms with Crippen molar-refractivity contribution in [3.63, 3.8) is 0 Å². The standard InChI is InChI=1S/C20H31N3O/c1-16-8-10-19(11-9-16)23-13-12-22(14-17(23)2)15-20(24)21-18-6-4-3-5-7-18/h8-11,17-18H,3-7,12-15H2,1-2H3,(H,21,24). The molecule has 24 heavy (non-hydrogen) atoms. The summed E-state index contributed by atoms with van der Waals surface area (Å²) in [4.78, 5) is 17.1. The Bertz CT molecular complexity index is 536. The van der Waals surface area contributed by atoms with Crippen molar-refractivity contribution in [2.75, 3.05) is 31.1 Å². The van der Waals surface area contributed by atoms with Crippen molar-refractivity contribution in [1.29, 1.82) is 0 Å². The number of benzene rings is 1. The number of piperazine rings is 1. The quantitative estimate of drug-likeness (QED) is 0.922. The zero-order chi connectivity index (χ0) is 16.9. The third-order valence-electron chi connectivity index (χ3n) is 5.41. The van der Waals surface area contributed by atoms with Crippen molar-refractivity contribution in [1.82, 2.24) is 10.2 Å². The molecule has 1 aromatic carbocycles. The fraction of sp³-hybridized carbons (Fsp3) is 0.650. The predicted octanol–water partition coefficient (Wildman–Crippen LogP) is 2.95. The number of anilines is 1. The van der Waals surface area contributed by atoms with E-state index in [2.05, 4.69) is 53.2 Å². The van der Waals surface area contributed by atoms with E-state index in [0.29, 0.717) is 18.6 Å². The molecule has 1 aliphatic heterocycles. The van der Waals surface area contributed by atoms with Crippen LogP contribution in [0.1, 0.15) is 44.6 Å². The minimum Gasteiger partial charge on any atom is -0.366 e. The van der Waals surface area contributed by atoms with E-state index in [1.54, 1.807) is 0 Å². The molecule has 1 amide bonds. The van der Waals surface area contributed by atoms with Gasteiger partial charge in [0, 0.05) is 37.4 Å². The fourth-order valence-corrected chi connectivity index (χ4v) is 4.02. The Kier molecular flexibility index (Phi) is 5.77. The third kappa shape index (κ3) is 4.50. The molecule has 0 bridgehead atoms. The Morgan fingerprint density at radius 1 is 1.12 bits per heavy atom. The third-order valence-corrected chi connectivity index (χ3v) is 5.41. The number of hydrogen-bond acceptors (Lipinski definition) is 3. The summed E-state index contributed by atoms with van der Waals surface area (Å²) in [5, 5.41) is 3.24. The van der Waals surface area contributed by atoms with E-state index < -0.39 is 0 Å². The van der Waals surface area contributed by atoms with Crippen molar-refractivity contribution < 1.29 is 4.79 Å². The van der Waals surface area contributed by atoms with Gasteiger partial charge in [0.15, 0.2) is 0 Å². The maximum absolute atomic E-state index is 12.3. The maximum atomic E-state index is 12.3. The second kappa shape index (κ2) is 8.02. The summed E-state index contributed by atoms with van der Waals surface area (Å²) < 4.78 is 0. The molecule has 1 atom stereocenters. The Hall–Kier alpha value is -1.55. The van der Waals surface area contributed by atoms with Gasteiger partial charge in [-0.15, -0.1) is 0 Å². The molecule has 1 saturated heterocycles. The first-order chi connectivity index (χ1) is 11.6. The minimum atomic E-state index is 0.206.